The molecule has 3 aromatic rings. The average Bonchev–Trinajstić information content (AvgIpc) is 3.05. The first-order chi connectivity index (χ1) is 13.0. The fraction of sp³-hybridized carbons (Fsp3) is 0.150. The lowest BCUT2D eigenvalue weighted by molar-refractivity contribution is 0.103. The molecule has 0 aliphatic carbocycles. The maximum absolute atomic E-state index is 12.6. The van der Waals surface area contributed by atoms with Crippen LogP contribution >= 0.6 is 22.9 Å². The summed E-state index contributed by atoms with van der Waals surface area (Å²) in [6, 6.07) is 14.4. The van der Waals surface area contributed by atoms with E-state index in [4.69, 9.17) is 21.6 Å². The molecule has 0 spiro atoms. The van der Waals surface area contributed by atoms with Gasteiger partial charge in [0.2, 0.25) is 0 Å². The van der Waals surface area contributed by atoms with Crippen LogP contribution in [0.4, 0.5) is 5.69 Å². The van der Waals surface area contributed by atoms with Gasteiger partial charge >= 0.3 is 0 Å². The van der Waals surface area contributed by atoms with Gasteiger partial charge in [0.05, 0.1) is 22.9 Å². The van der Waals surface area contributed by atoms with E-state index in [0.717, 1.165) is 16.3 Å². The van der Waals surface area contributed by atoms with Crippen LogP contribution in [0.3, 0.4) is 0 Å². The molecule has 0 unspecified atom stereocenters. The summed E-state index contributed by atoms with van der Waals surface area (Å²) in [5.74, 6) is 0.535. The van der Waals surface area contributed by atoms with Crippen molar-refractivity contribution in [1.82, 2.24) is 4.98 Å². The fourth-order valence-electron chi connectivity index (χ4n) is 2.46. The first-order valence-corrected chi connectivity index (χ1v) is 9.43. The Morgan fingerprint density at radius 3 is 2.67 bits per heavy atom. The van der Waals surface area contributed by atoms with Crippen LogP contribution in [-0.2, 0) is 0 Å². The van der Waals surface area contributed by atoms with Crippen molar-refractivity contribution in [2.75, 3.05) is 11.9 Å². The smallest absolute Gasteiger partial charge is 0.267 e. The number of nitrogens with zero attached hydrogens (tertiary/aromatic N) is 2. The Balaban J connectivity index is 1.80. The Morgan fingerprint density at radius 1 is 1.30 bits per heavy atom. The molecule has 0 atom stereocenters. The summed E-state index contributed by atoms with van der Waals surface area (Å²) in [5.41, 5.74) is 2.47. The monoisotopic (exact) mass is 397 g/mol. The van der Waals surface area contributed by atoms with Crippen LogP contribution in [0.15, 0.2) is 42.5 Å². The molecule has 0 fully saturated rings. The van der Waals surface area contributed by atoms with E-state index in [-0.39, 0.29) is 5.91 Å². The zero-order valence-electron chi connectivity index (χ0n) is 14.7. The lowest BCUT2D eigenvalue weighted by Gasteiger charge is -2.05. The molecule has 5 nitrogen and oxygen atoms in total. The van der Waals surface area contributed by atoms with Crippen molar-refractivity contribution < 1.29 is 9.53 Å². The van der Waals surface area contributed by atoms with E-state index in [0.29, 0.717) is 33.5 Å². The summed E-state index contributed by atoms with van der Waals surface area (Å²) in [6.07, 6.45) is 0. The second-order valence-corrected chi connectivity index (χ2v) is 7.06. The van der Waals surface area contributed by atoms with Gasteiger partial charge in [0.25, 0.3) is 5.91 Å². The van der Waals surface area contributed by atoms with Crippen molar-refractivity contribution >= 4 is 34.5 Å². The molecule has 1 N–H and O–H groups in total. The molecule has 0 bridgehead atoms. The number of rotatable bonds is 5. The van der Waals surface area contributed by atoms with Crippen molar-refractivity contribution in [2.45, 2.75) is 13.8 Å². The van der Waals surface area contributed by atoms with Gasteiger partial charge in [-0.05, 0) is 56.3 Å². The molecule has 7 heteroatoms. The number of hydrogen-bond acceptors (Lipinski definition) is 5. The average molecular weight is 398 g/mol. The third-order valence-electron chi connectivity index (χ3n) is 3.76. The molecule has 1 heterocycles. The lowest BCUT2D eigenvalue weighted by atomic mass is 10.2. The van der Waals surface area contributed by atoms with Gasteiger partial charge in [0.15, 0.2) is 0 Å². The van der Waals surface area contributed by atoms with Gasteiger partial charge in [-0.15, -0.1) is 11.3 Å². The Labute approximate surface area is 166 Å². The van der Waals surface area contributed by atoms with Gasteiger partial charge < -0.3 is 10.1 Å². The number of ether oxygens (including phenoxy) is 1. The number of thiazole rings is 1. The van der Waals surface area contributed by atoms with Gasteiger partial charge in [-0.25, -0.2) is 4.98 Å². The number of nitriles is 1. The zero-order chi connectivity index (χ0) is 19.4. The number of benzene rings is 2. The van der Waals surface area contributed by atoms with Crippen LogP contribution in [0, 0.1) is 18.3 Å². The number of aromatic nitrogens is 1. The maximum Gasteiger partial charge on any atom is 0.267 e. The largest absolute Gasteiger partial charge is 0.494 e. The number of carbonyl (C=O) groups excluding carboxylic acids is 1. The summed E-state index contributed by atoms with van der Waals surface area (Å²) in [6.45, 7) is 4.35. The molecule has 0 aliphatic heterocycles. The molecule has 1 amide bonds. The Bertz CT molecular complexity index is 1020. The van der Waals surface area contributed by atoms with Gasteiger partial charge in [0.1, 0.15) is 21.7 Å². The fourth-order valence-corrected chi connectivity index (χ4v) is 3.65. The predicted octanol–water partition coefficient (Wildman–Crippen LogP) is 5.29. The number of amides is 1. The second kappa shape index (κ2) is 8.21. The first-order valence-electron chi connectivity index (χ1n) is 8.23. The molecule has 1 aromatic heterocycles. The molecule has 0 aliphatic rings. The summed E-state index contributed by atoms with van der Waals surface area (Å²) in [5, 5.41) is 12.8. The maximum atomic E-state index is 12.6. The van der Waals surface area contributed by atoms with E-state index in [1.165, 1.54) is 11.3 Å². The summed E-state index contributed by atoms with van der Waals surface area (Å²) < 4.78 is 5.44. The van der Waals surface area contributed by atoms with E-state index in [9.17, 15) is 4.79 Å². The summed E-state index contributed by atoms with van der Waals surface area (Å²) in [4.78, 5) is 17.7. The van der Waals surface area contributed by atoms with Crippen molar-refractivity contribution in [3.8, 4) is 22.4 Å². The third kappa shape index (κ3) is 4.27. The normalized spacial score (nSPS) is 10.3. The minimum atomic E-state index is -0.261. The van der Waals surface area contributed by atoms with Gasteiger partial charge in [-0.1, -0.05) is 11.6 Å². The molecule has 0 saturated heterocycles. The highest BCUT2D eigenvalue weighted by atomic mass is 35.5. The van der Waals surface area contributed by atoms with Crippen LogP contribution in [0.2, 0.25) is 5.02 Å². The van der Waals surface area contributed by atoms with E-state index in [1.807, 2.05) is 37.3 Å². The van der Waals surface area contributed by atoms with Gasteiger partial charge in [0, 0.05) is 11.3 Å². The van der Waals surface area contributed by atoms with Crippen molar-refractivity contribution in [2.24, 2.45) is 0 Å². The van der Waals surface area contributed by atoms with E-state index in [1.54, 1.807) is 25.1 Å². The van der Waals surface area contributed by atoms with Crippen LogP contribution in [0.1, 0.15) is 27.9 Å². The molecule has 27 heavy (non-hydrogen) atoms. The van der Waals surface area contributed by atoms with Gasteiger partial charge in [-0.3, -0.25) is 4.79 Å². The number of hydrogen-bond donors (Lipinski definition) is 1. The van der Waals surface area contributed by atoms with Crippen LogP contribution in [-0.4, -0.2) is 17.5 Å². The first kappa shape index (κ1) is 18.9. The highest BCUT2D eigenvalue weighted by Crippen LogP contribution is 2.30. The molecular formula is C20H16ClN3O2S. The molecular weight excluding hydrogens is 382 g/mol. The topological polar surface area (TPSA) is 75.0 Å². The number of nitrogens with one attached hydrogen (secondary N) is 1. The number of carbonyl (C=O) groups is 1. The van der Waals surface area contributed by atoms with E-state index < -0.39 is 0 Å². The van der Waals surface area contributed by atoms with Crippen LogP contribution in [0.5, 0.6) is 5.75 Å². The SMILES string of the molecule is CCOc1ccc(-c2nc(C)c(C(=O)Nc3ccc(C#N)c(Cl)c3)s2)cc1. The highest BCUT2D eigenvalue weighted by molar-refractivity contribution is 7.17. The Kier molecular flexibility index (Phi) is 5.75. The van der Waals surface area contributed by atoms with Crippen molar-refractivity contribution in [3.63, 3.8) is 0 Å². The van der Waals surface area contributed by atoms with E-state index >= 15 is 0 Å². The molecule has 3 rings (SSSR count). The summed E-state index contributed by atoms with van der Waals surface area (Å²) in [7, 11) is 0. The minimum absolute atomic E-state index is 0.261. The highest BCUT2D eigenvalue weighted by Gasteiger charge is 2.17. The standard InChI is InChI=1S/C20H16ClN3O2S/c1-3-26-16-8-5-13(6-9-16)20-23-12(2)18(27-20)19(25)24-15-7-4-14(11-22)17(21)10-15/h4-10H,3H2,1-2H3,(H,24,25). The summed E-state index contributed by atoms with van der Waals surface area (Å²) >= 11 is 7.34. The zero-order valence-corrected chi connectivity index (χ0v) is 16.3. The molecule has 0 saturated carbocycles. The van der Waals surface area contributed by atoms with Crippen molar-refractivity contribution in [3.05, 3.63) is 63.6 Å². The number of anilines is 1. The van der Waals surface area contributed by atoms with Crippen molar-refractivity contribution in [1.29, 1.82) is 5.26 Å². The lowest BCUT2D eigenvalue weighted by Crippen LogP contribution is -2.11. The Morgan fingerprint density at radius 2 is 2.04 bits per heavy atom. The third-order valence-corrected chi connectivity index (χ3v) is 5.28. The molecule has 2 aromatic carbocycles. The molecule has 136 valence electrons. The predicted molar refractivity (Wildman–Crippen MR) is 108 cm³/mol. The quantitative estimate of drug-likeness (QED) is 0.634. The van der Waals surface area contributed by atoms with Gasteiger partial charge in [-0.2, -0.15) is 5.26 Å². The minimum Gasteiger partial charge on any atom is -0.494 e. The van der Waals surface area contributed by atoms with Crippen LogP contribution in [0.25, 0.3) is 10.6 Å². The van der Waals surface area contributed by atoms with E-state index in [2.05, 4.69) is 10.3 Å². The second-order valence-electron chi connectivity index (χ2n) is 5.65. The molecule has 0 radical (unpaired) electrons. The van der Waals surface area contributed by atoms with Crippen LogP contribution < -0.4 is 10.1 Å². The number of aryl methyl sites for hydroxylation is 1. The Hall–Kier alpha value is -2.88. The number of halogens is 1.